The zero-order valence-electron chi connectivity index (χ0n) is 9.83. The summed E-state index contributed by atoms with van der Waals surface area (Å²) in [6.07, 6.45) is -5.05. The second-order valence-electron chi connectivity index (χ2n) is 4.02. The van der Waals surface area contributed by atoms with Gasteiger partial charge in [0.25, 0.3) is 0 Å². The van der Waals surface area contributed by atoms with Gasteiger partial charge in [0, 0.05) is 11.8 Å². The summed E-state index contributed by atoms with van der Waals surface area (Å²) in [7, 11) is 0. The Bertz CT molecular complexity index is 614. The van der Waals surface area contributed by atoms with Crippen LogP contribution in [0.2, 0.25) is 10.0 Å². The number of hydrogen-bond acceptors (Lipinski definition) is 2. The standard InChI is InChI=1S/C13H8Cl2F3NO/c14-9-3-1-2-8(11(9)15)12(20)10-5-4-7(6-19-10)13(16,17)18/h1-6,12,20H. The summed E-state index contributed by atoms with van der Waals surface area (Å²) >= 11 is 11.8. The van der Waals surface area contributed by atoms with E-state index in [1.807, 2.05) is 0 Å². The Labute approximate surface area is 122 Å². The lowest BCUT2D eigenvalue weighted by molar-refractivity contribution is -0.137. The number of aliphatic hydroxyl groups is 1. The number of pyridine rings is 1. The third kappa shape index (κ3) is 3.06. The average molecular weight is 322 g/mol. The Morgan fingerprint density at radius 1 is 1.10 bits per heavy atom. The lowest BCUT2D eigenvalue weighted by Gasteiger charge is -2.14. The highest BCUT2D eigenvalue weighted by Crippen LogP contribution is 2.33. The fourth-order valence-electron chi connectivity index (χ4n) is 1.63. The maximum Gasteiger partial charge on any atom is 0.417 e. The normalized spacial score (nSPS) is 13.3. The van der Waals surface area contributed by atoms with E-state index < -0.39 is 17.8 Å². The number of aliphatic hydroxyl groups excluding tert-OH is 1. The second kappa shape index (κ2) is 5.60. The fraction of sp³-hybridized carbons (Fsp3) is 0.154. The molecule has 1 aromatic heterocycles. The highest BCUT2D eigenvalue weighted by molar-refractivity contribution is 6.42. The van der Waals surface area contributed by atoms with Crippen LogP contribution in [0.25, 0.3) is 0 Å². The van der Waals surface area contributed by atoms with E-state index in [1.54, 1.807) is 12.1 Å². The summed E-state index contributed by atoms with van der Waals surface area (Å²) in [6.45, 7) is 0. The summed E-state index contributed by atoms with van der Waals surface area (Å²) in [4.78, 5) is 3.62. The molecule has 0 saturated heterocycles. The smallest absolute Gasteiger partial charge is 0.382 e. The van der Waals surface area contributed by atoms with E-state index >= 15 is 0 Å². The molecular weight excluding hydrogens is 314 g/mol. The van der Waals surface area contributed by atoms with Gasteiger partial charge in [0.05, 0.1) is 21.3 Å². The summed E-state index contributed by atoms with van der Waals surface area (Å²) in [5.74, 6) is 0. The quantitative estimate of drug-likeness (QED) is 0.884. The monoisotopic (exact) mass is 321 g/mol. The molecule has 2 aromatic rings. The minimum absolute atomic E-state index is 0.0576. The molecule has 2 nitrogen and oxygen atoms in total. The van der Waals surface area contributed by atoms with E-state index in [1.165, 1.54) is 6.07 Å². The van der Waals surface area contributed by atoms with Crippen molar-refractivity contribution in [3.05, 3.63) is 63.4 Å². The van der Waals surface area contributed by atoms with Gasteiger partial charge in [-0.1, -0.05) is 35.3 Å². The van der Waals surface area contributed by atoms with Gasteiger partial charge in [0.15, 0.2) is 0 Å². The molecule has 0 aliphatic carbocycles. The van der Waals surface area contributed by atoms with Crippen molar-refractivity contribution < 1.29 is 18.3 Å². The molecule has 0 bridgehead atoms. The van der Waals surface area contributed by atoms with Crippen molar-refractivity contribution in [2.45, 2.75) is 12.3 Å². The van der Waals surface area contributed by atoms with Gasteiger partial charge in [0.1, 0.15) is 6.10 Å². The van der Waals surface area contributed by atoms with E-state index in [0.29, 0.717) is 6.20 Å². The molecule has 7 heteroatoms. The molecule has 0 radical (unpaired) electrons. The van der Waals surface area contributed by atoms with Gasteiger partial charge < -0.3 is 5.11 Å². The van der Waals surface area contributed by atoms with E-state index in [4.69, 9.17) is 23.2 Å². The summed E-state index contributed by atoms with van der Waals surface area (Å²) in [5.41, 5.74) is -0.542. The van der Waals surface area contributed by atoms with Crippen LogP contribution in [0.15, 0.2) is 36.5 Å². The minimum Gasteiger partial charge on any atom is -0.382 e. The average Bonchev–Trinajstić information content (AvgIpc) is 2.40. The van der Waals surface area contributed by atoms with Crippen LogP contribution < -0.4 is 0 Å². The van der Waals surface area contributed by atoms with Crippen LogP contribution in [0.5, 0.6) is 0 Å². The molecule has 0 spiro atoms. The van der Waals surface area contributed by atoms with E-state index in [-0.39, 0.29) is 21.3 Å². The predicted octanol–water partition coefficient (Wildman–Crippen LogP) is 4.49. The summed E-state index contributed by atoms with van der Waals surface area (Å²) < 4.78 is 37.3. The molecule has 1 atom stereocenters. The lowest BCUT2D eigenvalue weighted by atomic mass is 10.1. The Hall–Kier alpha value is -1.30. The molecule has 2 rings (SSSR count). The van der Waals surface area contributed by atoms with Gasteiger partial charge in [-0.15, -0.1) is 0 Å². The maximum atomic E-state index is 12.4. The third-order valence-electron chi connectivity index (χ3n) is 2.67. The van der Waals surface area contributed by atoms with Crippen LogP contribution in [0.4, 0.5) is 13.2 Å². The molecule has 106 valence electrons. The number of nitrogens with zero attached hydrogens (tertiary/aromatic N) is 1. The van der Waals surface area contributed by atoms with Crippen molar-refractivity contribution in [3.63, 3.8) is 0 Å². The molecule has 0 saturated carbocycles. The molecule has 0 aliphatic rings. The number of rotatable bonds is 2. The first-order valence-electron chi connectivity index (χ1n) is 5.46. The van der Waals surface area contributed by atoms with Crippen molar-refractivity contribution in [3.8, 4) is 0 Å². The molecule has 1 heterocycles. The second-order valence-corrected chi connectivity index (χ2v) is 4.80. The molecule has 1 aromatic carbocycles. The van der Waals surface area contributed by atoms with Crippen molar-refractivity contribution in [2.24, 2.45) is 0 Å². The van der Waals surface area contributed by atoms with Crippen molar-refractivity contribution >= 4 is 23.2 Å². The molecule has 0 aliphatic heterocycles. The van der Waals surface area contributed by atoms with Crippen LogP contribution in [0.1, 0.15) is 22.9 Å². The molecule has 20 heavy (non-hydrogen) atoms. The van der Waals surface area contributed by atoms with Gasteiger partial charge in [-0.25, -0.2) is 0 Å². The molecule has 0 fully saturated rings. The van der Waals surface area contributed by atoms with Crippen LogP contribution in [-0.2, 0) is 6.18 Å². The number of halogens is 5. The van der Waals surface area contributed by atoms with Crippen LogP contribution in [0, 0.1) is 0 Å². The largest absolute Gasteiger partial charge is 0.417 e. The van der Waals surface area contributed by atoms with Gasteiger partial charge in [-0.05, 0) is 18.2 Å². The van der Waals surface area contributed by atoms with Crippen LogP contribution >= 0.6 is 23.2 Å². The number of benzene rings is 1. The van der Waals surface area contributed by atoms with E-state index in [0.717, 1.165) is 12.1 Å². The van der Waals surface area contributed by atoms with E-state index in [2.05, 4.69) is 4.98 Å². The Kier molecular flexibility index (Phi) is 4.22. The molecule has 1 unspecified atom stereocenters. The number of hydrogen-bond donors (Lipinski definition) is 1. The SMILES string of the molecule is OC(c1ccc(C(F)(F)F)cn1)c1cccc(Cl)c1Cl. The topological polar surface area (TPSA) is 33.1 Å². The fourth-order valence-corrected chi connectivity index (χ4v) is 2.04. The third-order valence-corrected chi connectivity index (χ3v) is 3.50. The summed E-state index contributed by atoms with van der Waals surface area (Å²) in [5, 5.41) is 10.5. The van der Waals surface area contributed by atoms with Gasteiger partial charge >= 0.3 is 6.18 Å². The van der Waals surface area contributed by atoms with Crippen LogP contribution in [0.3, 0.4) is 0 Å². The van der Waals surface area contributed by atoms with Crippen molar-refractivity contribution in [1.29, 1.82) is 0 Å². The van der Waals surface area contributed by atoms with Crippen LogP contribution in [-0.4, -0.2) is 10.1 Å². The van der Waals surface area contributed by atoms with Crippen molar-refractivity contribution in [2.75, 3.05) is 0 Å². The highest BCUT2D eigenvalue weighted by atomic mass is 35.5. The first-order valence-corrected chi connectivity index (χ1v) is 6.21. The van der Waals surface area contributed by atoms with Crippen molar-refractivity contribution in [1.82, 2.24) is 4.98 Å². The first kappa shape index (κ1) is 15.1. The summed E-state index contributed by atoms with van der Waals surface area (Å²) in [6, 6.07) is 6.60. The Morgan fingerprint density at radius 3 is 2.35 bits per heavy atom. The van der Waals surface area contributed by atoms with Gasteiger partial charge in [-0.2, -0.15) is 13.2 Å². The Morgan fingerprint density at radius 2 is 1.80 bits per heavy atom. The molecular formula is C13H8Cl2F3NO. The first-order chi connectivity index (χ1) is 9.30. The zero-order chi connectivity index (χ0) is 14.9. The molecule has 1 N–H and O–H groups in total. The van der Waals surface area contributed by atoms with E-state index in [9.17, 15) is 18.3 Å². The highest BCUT2D eigenvalue weighted by Gasteiger charge is 2.31. The number of aromatic nitrogens is 1. The predicted molar refractivity (Wildman–Crippen MR) is 69.8 cm³/mol. The molecule has 0 amide bonds. The lowest BCUT2D eigenvalue weighted by Crippen LogP contribution is -2.08. The maximum absolute atomic E-state index is 12.4. The van der Waals surface area contributed by atoms with Gasteiger partial charge in [-0.3, -0.25) is 4.98 Å². The number of alkyl halides is 3. The Balaban J connectivity index is 2.34. The zero-order valence-corrected chi connectivity index (χ0v) is 11.3. The minimum atomic E-state index is -4.47. The van der Waals surface area contributed by atoms with Gasteiger partial charge in [0.2, 0.25) is 0 Å².